The van der Waals surface area contributed by atoms with Gasteiger partial charge in [-0.1, -0.05) is 75.3 Å². The average molecular weight is 302 g/mol. The second kappa shape index (κ2) is 11.0. The van der Waals surface area contributed by atoms with Gasteiger partial charge in [-0.15, -0.1) is 0 Å². The number of benzene rings is 1. The van der Waals surface area contributed by atoms with Crippen LogP contribution in [-0.2, 0) is 4.79 Å². The van der Waals surface area contributed by atoms with E-state index in [2.05, 4.69) is 36.5 Å². The first-order chi connectivity index (χ1) is 10.6. The van der Waals surface area contributed by atoms with Gasteiger partial charge in [0.2, 0.25) is 5.91 Å². The van der Waals surface area contributed by atoms with E-state index in [0.717, 1.165) is 24.1 Å². The maximum atomic E-state index is 11.8. The van der Waals surface area contributed by atoms with Crippen molar-refractivity contribution in [3.05, 3.63) is 35.4 Å². The van der Waals surface area contributed by atoms with E-state index in [-0.39, 0.29) is 5.91 Å². The standard InChI is InChI=1S/C19H30N2O/c1-4-5-6-7-8-9-10-14-19(22)21-20-17(3)18-13-11-12-16(2)15-18/h11-13,15H,4-10,14H2,1-3H3,(H,21,22)/b20-17+. The second-order valence-electron chi connectivity index (χ2n) is 5.97. The molecule has 1 aromatic rings. The molecule has 0 aliphatic heterocycles. The van der Waals surface area contributed by atoms with Gasteiger partial charge in [-0.25, -0.2) is 5.43 Å². The number of carbonyl (C=O) groups excluding carboxylic acids is 1. The molecule has 0 aliphatic carbocycles. The summed E-state index contributed by atoms with van der Waals surface area (Å²) in [6, 6.07) is 8.13. The molecular formula is C19H30N2O. The van der Waals surface area contributed by atoms with Gasteiger partial charge in [0.05, 0.1) is 5.71 Å². The van der Waals surface area contributed by atoms with Gasteiger partial charge < -0.3 is 0 Å². The number of aryl methyl sites for hydroxylation is 1. The fourth-order valence-corrected chi connectivity index (χ4v) is 2.38. The summed E-state index contributed by atoms with van der Waals surface area (Å²) in [5.74, 6) is 0.0144. The Labute approximate surface area is 135 Å². The first-order valence-corrected chi connectivity index (χ1v) is 8.53. The zero-order valence-electron chi connectivity index (χ0n) is 14.3. The molecule has 1 rings (SSSR count). The third kappa shape index (κ3) is 7.96. The number of carbonyl (C=O) groups is 1. The number of hydrogen-bond donors (Lipinski definition) is 1. The molecule has 0 aliphatic rings. The maximum absolute atomic E-state index is 11.8. The Morgan fingerprint density at radius 3 is 2.45 bits per heavy atom. The Morgan fingerprint density at radius 1 is 1.09 bits per heavy atom. The zero-order valence-corrected chi connectivity index (χ0v) is 14.3. The Morgan fingerprint density at radius 2 is 1.77 bits per heavy atom. The normalized spacial score (nSPS) is 11.5. The summed E-state index contributed by atoms with van der Waals surface area (Å²) < 4.78 is 0. The molecular weight excluding hydrogens is 272 g/mol. The minimum Gasteiger partial charge on any atom is -0.273 e. The van der Waals surface area contributed by atoms with Crippen LogP contribution in [0.4, 0.5) is 0 Å². The summed E-state index contributed by atoms with van der Waals surface area (Å²) in [5, 5.41) is 4.19. The van der Waals surface area contributed by atoms with Crippen LogP contribution in [0, 0.1) is 6.92 Å². The number of rotatable bonds is 10. The fraction of sp³-hybridized carbons (Fsp3) is 0.579. The van der Waals surface area contributed by atoms with Crippen molar-refractivity contribution in [1.82, 2.24) is 5.43 Å². The molecule has 3 nitrogen and oxygen atoms in total. The lowest BCUT2D eigenvalue weighted by molar-refractivity contribution is -0.121. The van der Waals surface area contributed by atoms with E-state index < -0.39 is 0 Å². The van der Waals surface area contributed by atoms with Crippen molar-refractivity contribution in [3.8, 4) is 0 Å². The van der Waals surface area contributed by atoms with Gasteiger partial charge in [-0.2, -0.15) is 5.10 Å². The molecule has 1 aromatic carbocycles. The molecule has 1 amide bonds. The second-order valence-corrected chi connectivity index (χ2v) is 5.97. The lowest BCUT2D eigenvalue weighted by Gasteiger charge is -2.04. The van der Waals surface area contributed by atoms with Crippen molar-refractivity contribution in [2.45, 2.75) is 72.1 Å². The van der Waals surface area contributed by atoms with Gasteiger partial charge in [0.15, 0.2) is 0 Å². The molecule has 22 heavy (non-hydrogen) atoms. The first-order valence-electron chi connectivity index (χ1n) is 8.53. The van der Waals surface area contributed by atoms with E-state index in [9.17, 15) is 4.79 Å². The molecule has 0 heterocycles. The average Bonchev–Trinajstić information content (AvgIpc) is 2.51. The highest BCUT2D eigenvalue weighted by Gasteiger charge is 2.02. The lowest BCUT2D eigenvalue weighted by Crippen LogP contribution is -2.18. The van der Waals surface area contributed by atoms with E-state index >= 15 is 0 Å². The Hall–Kier alpha value is -1.64. The van der Waals surface area contributed by atoms with Crippen LogP contribution >= 0.6 is 0 Å². The highest BCUT2D eigenvalue weighted by Crippen LogP contribution is 2.08. The minimum atomic E-state index is 0.0144. The maximum Gasteiger partial charge on any atom is 0.240 e. The van der Waals surface area contributed by atoms with Crippen molar-refractivity contribution >= 4 is 11.6 Å². The molecule has 0 radical (unpaired) electrons. The van der Waals surface area contributed by atoms with Crippen molar-refractivity contribution < 1.29 is 4.79 Å². The molecule has 0 saturated carbocycles. The third-order valence-corrected chi connectivity index (χ3v) is 3.79. The first kappa shape index (κ1) is 18.4. The lowest BCUT2D eigenvalue weighted by atomic mass is 10.1. The molecule has 3 heteroatoms. The van der Waals surface area contributed by atoms with Crippen LogP contribution in [0.1, 0.15) is 76.3 Å². The number of hydrazone groups is 1. The van der Waals surface area contributed by atoms with Crippen LogP contribution in [0.25, 0.3) is 0 Å². The molecule has 0 aromatic heterocycles. The number of hydrogen-bond acceptors (Lipinski definition) is 2. The molecule has 0 spiro atoms. The van der Waals surface area contributed by atoms with Crippen molar-refractivity contribution in [2.24, 2.45) is 5.10 Å². The minimum absolute atomic E-state index is 0.0144. The Balaban J connectivity index is 2.21. The Bertz CT molecular complexity index is 480. The number of nitrogens with zero attached hydrogens (tertiary/aromatic N) is 1. The summed E-state index contributed by atoms with van der Waals surface area (Å²) in [6.07, 6.45) is 9.11. The van der Waals surface area contributed by atoms with Gasteiger partial charge in [0, 0.05) is 6.42 Å². The summed E-state index contributed by atoms with van der Waals surface area (Å²) in [5.41, 5.74) is 5.75. The van der Waals surface area contributed by atoms with Crippen LogP contribution < -0.4 is 5.43 Å². The van der Waals surface area contributed by atoms with Crippen LogP contribution in [0.2, 0.25) is 0 Å². The third-order valence-electron chi connectivity index (χ3n) is 3.79. The molecule has 0 fully saturated rings. The van der Waals surface area contributed by atoms with E-state index in [0.29, 0.717) is 6.42 Å². The topological polar surface area (TPSA) is 41.5 Å². The molecule has 0 unspecified atom stereocenters. The molecule has 122 valence electrons. The zero-order chi connectivity index (χ0) is 16.2. The molecule has 0 atom stereocenters. The number of unbranched alkanes of at least 4 members (excludes halogenated alkanes) is 6. The van der Waals surface area contributed by atoms with Gasteiger partial charge >= 0.3 is 0 Å². The molecule has 1 N–H and O–H groups in total. The van der Waals surface area contributed by atoms with Crippen LogP contribution in [-0.4, -0.2) is 11.6 Å². The van der Waals surface area contributed by atoms with E-state index in [1.807, 2.05) is 19.1 Å². The van der Waals surface area contributed by atoms with Crippen molar-refractivity contribution in [1.29, 1.82) is 0 Å². The number of nitrogens with one attached hydrogen (secondary N) is 1. The van der Waals surface area contributed by atoms with Crippen LogP contribution in [0.15, 0.2) is 29.4 Å². The molecule has 0 saturated heterocycles. The Kier molecular flexibility index (Phi) is 9.20. The van der Waals surface area contributed by atoms with Gasteiger partial charge in [0.25, 0.3) is 0 Å². The summed E-state index contributed by atoms with van der Waals surface area (Å²) in [4.78, 5) is 11.8. The fourth-order valence-electron chi connectivity index (χ4n) is 2.38. The van der Waals surface area contributed by atoms with Crippen LogP contribution in [0.5, 0.6) is 0 Å². The van der Waals surface area contributed by atoms with Gasteiger partial charge in [-0.05, 0) is 25.8 Å². The summed E-state index contributed by atoms with van der Waals surface area (Å²) in [7, 11) is 0. The van der Waals surface area contributed by atoms with Crippen molar-refractivity contribution in [2.75, 3.05) is 0 Å². The van der Waals surface area contributed by atoms with Gasteiger partial charge in [-0.3, -0.25) is 4.79 Å². The predicted molar refractivity (Wildman–Crippen MR) is 94.1 cm³/mol. The van der Waals surface area contributed by atoms with Gasteiger partial charge in [0.1, 0.15) is 0 Å². The molecule has 0 bridgehead atoms. The predicted octanol–water partition coefficient (Wildman–Crippen LogP) is 4.98. The van der Waals surface area contributed by atoms with E-state index in [4.69, 9.17) is 0 Å². The van der Waals surface area contributed by atoms with Crippen LogP contribution in [0.3, 0.4) is 0 Å². The van der Waals surface area contributed by atoms with E-state index in [1.165, 1.54) is 37.7 Å². The van der Waals surface area contributed by atoms with Crippen molar-refractivity contribution in [3.63, 3.8) is 0 Å². The highest BCUT2D eigenvalue weighted by molar-refractivity contribution is 5.99. The summed E-state index contributed by atoms with van der Waals surface area (Å²) in [6.45, 7) is 6.20. The summed E-state index contributed by atoms with van der Waals surface area (Å²) >= 11 is 0. The number of amides is 1. The van der Waals surface area contributed by atoms with E-state index in [1.54, 1.807) is 0 Å². The monoisotopic (exact) mass is 302 g/mol. The SMILES string of the molecule is CCCCCCCCCC(=O)N/N=C(\C)c1cccc(C)c1. The quantitative estimate of drug-likeness (QED) is 0.370. The highest BCUT2D eigenvalue weighted by atomic mass is 16.2. The largest absolute Gasteiger partial charge is 0.273 e. The smallest absolute Gasteiger partial charge is 0.240 e.